The van der Waals surface area contributed by atoms with E-state index in [4.69, 9.17) is 0 Å². The second-order valence-corrected chi connectivity index (χ2v) is 6.63. The number of carbonyl (C=O) groups excluding carboxylic acids is 1. The molecule has 1 aliphatic rings. The molecule has 7 heteroatoms. The smallest absolute Gasteiger partial charge is 0.261 e. The van der Waals surface area contributed by atoms with E-state index in [-0.39, 0.29) is 11.3 Å². The summed E-state index contributed by atoms with van der Waals surface area (Å²) in [6.07, 6.45) is 0. The van der Waals surface area contributed by atoms with Gasteiger partial charge in [-0.1, -0.05) is 12.1 Å². The Kier molecular flexibility index (Phi) is 3.08. The second-order valence-electron chi connectivity index (χ2n) is 4.09. The Morgan fingerprint density at radius 2 is 2.16 bits per heavy atom. The van der Waals surface area contributed by atoms with Gasteiger partial charge in [-0.15, -0.1) is 11.3 Å². The molecular formula is C12H10N2O3S2. The monoisotopic (exact) mass is 294 g/mol. The number of anilines is 1. The molecule has 0 bridgehead atoms. The zero-order chi connectivity index (χ0) is 13.4. The fraction of sp³-hybridized carbons (Fsp3) is 0.167. The molecule has 19 heavy (non-hydrogen) atoms. The summed E-state index contributed by atoms with van der Waals surface area (Å²) in [4.78, 5) is 17.2. The van der Waals surface area contributed by atoms with Crippen LogP contribution in [0, 0.1) is 0 Å². The standard InChI is InChI=1S/C12H10N2O3S2/c15-9-4-2-1-3-7(9)11(16)14-12-13-8-5-19(17)6-10(8)18-12/h1-4,15H,5-6H2,(H,13,14,16). The van der Waals surface area contributed by atoms with Crippen molar-refractivity contribution in [1.82, 2.24) is 4.98 Å². The Morgan fingerprint density at radius 3 is 2.89 bits per heavy atom. The molecule has 0 saturated heterocycles. The predicted molar refractivity (Wildman–Crippen MR) is 73.7 cm³/mol. The molecule has 3 rings (SSSR count). The zero-order valence-electron chi connectivity index (χ0n) is 9.75. The number of hydrogen-bond acceptors (Lipinski definition) is 5. The Labute approximate surface area is 115 Å². The van der Waals surface area contributed by atoms with Gasteiger partial charge in [0, 0.05) is 15.7 Å². The third kappa shape index (κ3) is 2.39. The summed E-state index contributed by atoms with van der Waals surface area (Å²) in [5, 5.41) is 12.7. The third-order valence-corrected chi connectivity index (χ3v) is 5.14. The Balaban J connectivity index is 1.79. The van der Waals surface area contributed by atoms with Crippen molar-refractivity contribution in [3.05, 3.63) is 40.4 Å². The van der Waals surface area contributed by atoms with Crippen LogP contribution in [0.3, 0.4) is 0 Å². The molecule has 0 saturated carbocycles. The van der Waals surface area contributed by atoms with E-state index in [0.29, 0.717) is 16.6 Å². The second kappa shape index (κ2) is 4.75. The summed E-state index contributed by atoms with van der Waals surface area (Å²) in [7, 11) is -0.854. The molecule has 2 N–H and O–H groups in total. The van der Waals surface area contributed by atoms with Crippen LogP contribution in [0.5, 0.6) is 5.75 Å². The number of para-hydroxylation sites is 1. The summed E-state index contributed by atoms with van der Waals surface area (Å²) < 4.78 is 11.3. The van der Waals surface area contributed by atoms with E-state index in [0.717, 1.165) is 10.6 Å². The average Bonchev–Trinajstić information content (AvgIpc) is 2.86. The maximum absolute atomic E-state index is 12.0. The number of nitrogens with one attached hydrogen (secondary N) is 1. The van der Waals surface area contributed by atoms with Gasteiger partial charge >= 0.3 is 0 Å². The third-order valence-electron chi connectivity index (χ3n) is 2.74. The number of nitrogens with zero attached hydrogens (tertiary/aromatic N) is 1. The van der Waals surface area contributed by atoms with Gasteiger partial charge in [0.25, 0.3) is 5.91 Å². The van der Waals surface area contributed by atoms with E-state index < -0.39 is 16.7 Å². The highest BCUT2D eigenvalue weighted by atomic mass is 32.2. The molecule has 1 amide bonds. The average molecular weight is 294 g/mol. The molecule has 0 fully saturated rings. The number of hydrogen-bond donors (Lipinski definition) is 2. The van der Waals surface area contributed by atoms with Crippen molar-refractivity contribution >= 4 is 33.2 Å². The molecule has 98 valence electrons. The topological polar surface area (TPSA) is 79.3 Å². The first-order valence-corrected chi connectivity index (χ1v) is 7.87. The van der Waals surface area contributed by atoms with E-state index in [1.165, 1.54) is 17.4 Å². The van der Waals surface area contributed by atoms with Crippen molar-refractivity contribution in [3.63, 3.8) is 0 Å². The van der Waals surface area contributed by atoms with Gasteiger partial charge in [0.2, 0.25) is 0 Å². The maximum Gasteiger partial charge on any atom is 0.261 e. The fourth-order valence-electron chi connectivity index (χ4n) is 1.84. The van der Waals surface area contributed by atoms with E-state index in [1.54, 1.807) is 18.2 Å². The van der Waals surface area contributed by atoms with Gasteiger partial charge in [0.1, 0.15) is 5.75 Å². The number of carbonyl (C=O) groups is 1. The molecular weight excluding hydrogens is 284 g/mol. The first kappa shape index (κ1) is 12.3. The van der Waals surface area contributed by atoms with E-state index in [9.17, 15) is 14.1 Å². The van der Waals surface area contributed by atoms with Gasteiger partial charge in [-0.3, -0.25) is 14.3 Å². The zero-order valence-corrected chi connectivity index (χ0v) is 11.4. The fourth-order valence-corrected chi connectivity index (χ4v) is 4.44. The number of phenols is 1. The Bertz CT molecular complexity index is 656. The predicted octanol–water partition coefficient (Wildman–Crippen LogP) is 1.86. The van der Waals surface area contributed by atoms with E-state index in [1.807, 2.05) is 0 Å². The lowest BCUT2D eigenvalue weighted by molar-refractivity contribution is 0.102. The number of amides is 1. The van der Waals surface area contributed by atoms with Gasteiger partial charge in [0.15, 0.2) is 5.13 Å². The first-order chi connectivity index (χ1) is 9.13. The van der Waals surface area contributed by atoms with Crippen molar-refractivity contribution < 1.29 is 14.1 Å². The number of aromatic hydroxyl groups is 1. The maximum atomic E-state index is 12.0. The first-order valence-electron chi connectivity index (χ1n) is 5.56. The van der Waals surface area contributed by atoms with Gasteiger partial charge in [0.05, 0.1) is 22.8 Å². The summed E-state index contributed by atoms with van der Waals surface area (Å²) in [5.74, 6) is 0.509. The van der Waals surface area contributed by atoms with Crippen LogP contribution in [0.15, 0.2) is 24.3 Å². The van der Waals surface area contributed by atoms with Gasteiger partial charge < -0.3 is 5.11 Å². The molecule has 1 aromatic carbocycles. The normalized spacial score (nSPS) is 17.2. The highest BCUT2D eigenvalue weighted by molar-refractivity contribution is 7.84. The molecule has 1 aromatic heterocycles. The number of thiazole rings is 1. The number of rotatable bonds is 2. The van der Waals surface area contributed by atoms with Crippen molar-refractivity contribution in [2.24, 2.45) is 0 Å². The van der Waals surface area contributed by atoms with Crippen LogP contribution in [0.1, 0.15) is 20.9 Å². The van der Waals surface area contributed by atoms with Gasteiger partial charge in [-0.05, 0) is 12.1 Å². The molecule has 1 unspecified atom stereocenters. The van der Waals surface area contributed by atoms with Crippen LogP contribution < -0.4 is 5.32 Å². The number of aromatic nitrogens is 1. The quantitative estimate of drug-likeness (QED) is 0.886. The van der Waals surface area contributed by atoms with Gasteiger partial charge in [-0.2, -0.15) is 0 Å². The summed E-state index contributed by atoms with van der Waals surface area (Å²) in [6.45, 7) is 0. The molecule has 0 aliphatic carbocycles. The number of phenolic OH excluding ortho intramolecular Hbond substituents is 1. The highest BCUT2D eigenvalue weighted by Crippen LogP contribution is 2.31. The van der Waals surface area contributed by atoms with Crippen molar-refractivity contribution in [3.8, 4) is 5.75 Å². The molecule has 0 spiro atoms. The molecule has 2 aromatic rings. The number of benzene rings is 1. The molecule has 5 nitrogen and oxygen atoms in total. The highest BCUT2D eigenvalue weighted by Gasteiger charge is 2.23. The van der Waals surface area contributed by atoms with Crippen LogP contribution in [0.2, 0.25) is 0 Å². The minimum atomic E-state index is -0.854. The van der Waals surface area contributed by atoms with Crippen LogP contribution in [0.25, 0.3) is 0 Å². The number of fused-ring (bicyclic) bond motifs is 1. The Morgan fingerprint density at radius 1 is 1.37 bits per heavy atom. The van der Waals surface area contributed by atoms with E-state index in [2.05, 4.69) is 10.3 Å². The van der Waals surface area contributed by atoms with Crippen molar-refractivity contribution in [2.45, 2.75) is 11.5 Å². The largest absolute Gasteiger partial charge is 0.507 e. The minimum absolute atomic E-state index is 0.0646. The minimum Gasteiger partial charge on any atom is -0.507 e. The molecule has 2 heterocycles. The Hall–Kier alpha value is -1.73. The lowest BCUT2D eigenvalue weighted by atomic mass is 10.2. The van der Waals surface area contributed by atoms with Crippen LogP contribution >= 0.6 is 11.3 Å². The van der Waals surface area contributed by atoms with Crippen LogP contribution in [0.4, 0.5) is 5.13 Å². The SMILES string of the molecule is O=C(Nc1nc2c(s1)CS(=O)C2)c1ccccc1O. The van der Waals surface area contributed by atoms with E-state index >= 15 is 0 Å². The van der Waals surface area contributed by atoms with Crippen LogP contribution in [-0.4, -0.2) is 20.2 Å². The lowest BCUT2D eigenvalue weighted by Crippen LogP contribution is -2.11. The molecule has 1 atom stereocenters. The summed E-state index contributed by atoms with van der Waals surface area (Å²) >= 11 is 1.34. The molecule has 1 aliphatic heterocycles. The summed E-state index contributed by atoms with van der Waals surface area (Å²) in [5.41, 5.74) is 1.01. The summed E-state index contributed by atoms with van der Waals surface area (Å²) in [6, 6.07) is 6.33. The van der Waals surface area contributed by atoms with Crippen molar-refractivity contribution in [1.29, 1.82) is 0 Å². The van der Waals surface area contributed by atoms with Crippen molar-refractivity contribution in [2.75, 3.05) is 5.32 Å². The van der Waals surface area contributed by atoms with Crippen LogP contribution in [-0.2, 0) is 22.3 Å². The molecule has 0 radical (unpaired) electrons. The lowest BCUT2D eigenvalue weighted by Gasteiger charge is -2.03. The van der Waals surface area contributed by atoms with Gasteiger partial charge in [-0.25, -0.2) is 4.98 Å².